The van der Waals surface area contributed by atoms with Crippen molar-refractivity contribution in [1.29, 1.82) is 0 Å². The van der Waals surface area contributed by atoms with Gasteiger partial charge in [0.05, 0.1) is 25.2 Å². The second-order valence-electron chi connectivity index (χ2n) is 7.29. The van der Waals surface area contributed by atoms with E-state index in [1.54, 1.807) is 0 Å². The van der Waals surface area contributed by atoms with E-state index in [0.717, 1.165) is 35.4 Å². The van der Waals surface area contributed by atoms with Gasteiger partial charge in [0.25, 0.3) is 0 Å². The van der Waals surface area contributed by atoms with Crippen molar-refractivity contribution in [3.63, 3.8) is 0 Å². The van der Waals surface area contributed by atoms with Crippen molar-refractivity contribution in [1.82, 2.24) is 4.98 Å². The number of quaternary nitrogens is 1. The molecule has 23 heavy (non-hydrogen) atoms. The maximum absolute atomic E-state index is 9.97. The van der Waals surface area contributed by atoms with Crippen molar-refractivity contribution in [3.8, 4) is 0 Å². The molecule has 0 saturated carbocycles. The van der Waals surface area contributed by atoms with Crippen molar-refractivity contribution < 1.29 is 9.59 Å². The molecule has 4 heterocycles. The Bertz CT molecular complexity index is 723. The lowest BCUT2D eigenvalue weighted by Crippen LogP contribution is -2.67. The number of hydrogen-bond acceptors (Lipinski definition) is 2. The van der Waals surface area contributed by atoms with E-state index in [1.807, 2.05) is 12.3 Å². The van der Waals surface area contributed by atoms with Crippen LogP contribution in [-0.4, -0.2) is 40.3 Å². The van der Waals surface area contributed by atoms with Gasteiger partial charge in [-0.3, -0.25) is 4.98 Å². The molecule has 0 radical (unpaired) electrons. The average molecular weight is 309 g/mol. The van der Waals surface area contributed by atoms with E-state index >= 15 is 0 Å². The normalized spacial score (nSPS) is 33.0. The van der Waals surface area contributed by atoms with Gasteiger partial charge in [-0.15, -0.1) is 6.58 Å². The molecule has 1 aromatic heterocycles. The Labute approximate surface area is 137 Å². The fourth-order valence-corrected chi connectivity index (χ4v) is 4.91. The molecule has 3 saturated heterocycles. The molecule has 0 aliphatic carbocycles. The Morgan fingerprint density at radius 1 is 1.30 bits per heavy atom. The molecule has 120 valence electrons. The number of aliphatic hydroxyl groups excluding tert-OH is 1. The number of nitrogens with zero attached hydrogens (tertiary/aromatic N) is 2. The molecular weight excluding hydrogens is 284 g/mol. The third-order valence-electron chi connectivity index (χ3n) is 6.21. The molecular formula is C20H25N2O+. The van der Waals surface area contributed by atoms with Crippen LogP contribution in [0.1, 0.15) is 18.4 Å². The van der Waals surface area contributed by atoms with Crippen LogP contribution in [-0.2, 0) is 6.54 Å². The zero-order valence-corrected chi connectivity index (χ0v) is 13.6. The average Bonchev–Trinajstić information content (AvgIpc) is 2.62. The second kappa shape index (κ2) is 5.73. The van der Waals surface area contributed by atoms with E-state index in [1.165, 1.54) is 23.9 Å². The standard InChI is InChI=1S/C20H25N2O/c1-2-15-12-22(10-8-16(15)11-18(22)14-23)13-17-7-9-21-20-6-4-3-5-19(17)20/h2-7,9,15-16,18,23H,1,8,10-14H2/q+1/t15-,16?,18-,22?/m0/s1. The summed E-state index contributed by atoms with van der Waals surface area (Å²) in [4.78, 5) is 4.49. The molecule has 5 rings (SSSR count). The summed E-state index contributed by atoms with van der Waals surface area (Å²) in [5, 5.41) is 11.2. The first kappa shape index (κ1) is 14.9. The highest BCUT2D eigenvalue weighted by Gasteiger charge is 2.50. The molecule has 2 aromatic rings. The number of aromatic nitrogens is 1. The zero-order chi connectivity index (χ0) is 15.9. The summed E-state index contributed by atoms with van der Waals surface area (Å²) >= 11 is 0. The Balaban J connectivity index is 1.73. The Hall–Kier alpha value is -1.71. The molecule has 1 N–H and O–H groups in total. The van der Waals surface area contributed by atoms with Gasteiger partial charge in [-0.05, 0) is 18.1 Å². The fraction of sp³-hybridized carbons (Fsp3) is 0.450. The van der Waals surface area contributed by atoms with E-state index in [4.69, 9.17) is 0 Å². The summed E-state index contributed by atoms with van der Waals surface area (Å²) in [6.45, 7) is 7.64. The highest BCUT2D eigenvalue weighted by molar-refractivity contribution is 5.81. The largest absolute Gasteiger partial charge is 0.390 e. The first-order chi connectivity index (χ1) is 11.3. The second-order valence-corrected chi connectivity index (χ2v) is 7.29. The van der Waals surface area contributed by atoms with Gasteiger partial charge in [0.15, 0.2) is 0 Å². The van der Waals surface area contributed by atoms with Crippen LogP contribution in [0.2, 0.25) is 0 Å². The summed E-state index contributed by atoms with van der Waals surface area (Å²) in [5.41, 5.74) is 2.42. The van der Waals surface area contributed by atoms with Crippen LogP contribution < -0.4 is 0 Å². The summed E-state index contributed by atoms with van der Waals surface area (Å²) in [6.07, 6.45) is 6.47. The topological polar surface area (TPSA) is 33.1 Å². The number of benzene rings is 1. The van der Waals surface area contributed by atoms with Gasteiger partial charge >= 0.3 is 0 Å². The van der Waals surface area contributed by atoms with E-state index in [0.29, 0.717) is 18.6 Å². The minimum atomic E-state index is 0.295. The number of hydrogen-bond donors (Lipinski definition) is 1. The molecule has 1 aromatic carbocycles. The van der Waals surface area contributed by atoms with Crippen LogP contribution in [0.3, 0.4) is 0 Å². The third kappa shape index (κ3) is 2.39. The summed E-state index contributed by atoms with van der Waals surface area (Å²) < 4.78 is 1.01. The minimum absolute atomic E-state index is 0.295. The van der Waals surface area contributed by atoms with Crippen molar-refractivity contribution >= 4 is 10.9 Å². The van der Waals surface area contributed by atoms with Gasteiger partial charge in [-0.25, -0.2) is 0 Å². The molecule has 4 atom stereocenters. The smallest absolute Gasteiger partial charge is 0.113 e. The van der Waals surface area contributed by atoms with Gasteiger partial charge in [0, 0.05) is 35.9 Å². The number of aliphatic hydroxyl groups is 1. The number of fused-ring (bicyclic) bond motifs is 4. The predicted octanol–water partition coefficient (Wildman–Crippen LogP) is 3.14. The van der Waals surface area contributed by atoms with Gasteiger partial charge in [0.2, 0.25) is 0 Å². The number of rotatable bonds is 4. The van der Waals surface area contributed by atoms with Gasteiger partial charge in [-0.1, -0.05) is 24.3 Å². The van der Waals surface area contributed by atoms with E-state index in [-0.39, 0.29) is 0 Å². The Morgan fingerprint density at radius 2 is 2.17 bits per heavy atom. The summed E-state index contributed by atoms with van der Waals surface area (Å²) in [6, 6.07) is 10.9. The van der Waals surface area contributed by atoms with Crippen LogP contribution >= 0.6 is 0 Å². The van der Waals surface area contributed by atoms with Crippen LogP contribution in [0.4, 0.5) is 0 Å². The molecule has 3 aliphatic rings. The Kier molecular flexibility index (Phi) is 3.70. The lowest BCUT2D eigenvalue weighted by atomic mass is 9.73. The number of piperidine rings is 3. The van der Waals surface area contributed by atoms with Gasteiger partial charge in [-0.2, -0.15) is 0 Å². The SMILES string of the molecule is C=C[C@H]1C[N+]2(Cc3ccnc4ccccc34)CCC1C[C@H]2CO. The predicted molar refractivity (Wildman–Crippen MR) is 92.7 cm³/mol. The quantitative estimate of drug-likeness (QED) is 0.695. The van der Waals surface area contributed by atoms with Crippen LogP contribution in [0, 0.1) is 11.8 Å². The van der Waals surface area contributed by atoms with E-state index in [9.17, 15) is 5.11 Å². The van der Waals surface area contributed by atoms with Crippen molar-refractivity contribution in [3.05, 3.63) is 54.7 Å². The lowest BCUT2D eigenvalue weighted by molar-refractivity contribution is -0.981. The maximum Gasteiger partial charge on any atom is 0.113 e. The van der Waals surface area contributed by atoms with Crippen LogP contribution in [0.25, 0.3) is 10.9 Å². The van der Waals surface area contributed by atoms with Gasteiger partial charge in [0.1, 0.15) is 12.6 Å². The minimum Gasteiger partial charge on any atom is -0.390 e. The van der Waals surface area contributed by atoms with Crippen LogP contribution in [0.5, 0.6) is 0 Å². The van der Waals surface area contributed by atoms with E-state index in [2.05, 4.69) is 41.9 Å². The highest BCUT2D eigenvalue weighted by atomic mass is 16.3. The fourth-order valence-electron chi connectivity index (χ4n) is 4.91. The first-order valence-electron chi connectivity index (χ1n) is 8.67. The molecule has 3 aliphatic heterocycles. The van der Waals surface area contributed by atoms with Crippen molar-refractivity contribution in [2.75, 3.05) is 19.7 Å². The van der Waals surface area contributed by atoms with Crippen molar-refractivity contribution in [2.24, 2.45) is 11.8 Å². The third-order valence-corrected chi connectivity index (χ3v) is 6.21. The van der Waals surface area contributed by atoms with Crippen LogP contribution in [0.15, 0.2) is 49.2 Å². The number of pyridine rings is 1. The van der Waals surface area contributed by atoms with Crippen molar-refractivity contribution in [2.45, 2.75) is 25.4 Å². The molecule has 3 fully saturated rings. The molecule has 2 bridgehead atoms. The lowest BCUT2D eigenvalue weighted by Gasteiger charge is -2.56. The van der Waals surface area contributed by atoms with Gasteiger partial charge < -0.3 is 9.59 Å². The molecule has 3 heteroatoms. The molecule has 2 unspecified atom stereocenters. The summed E-state index contributed by atoms with van der Waals surface area (Å²) in [5.74, 6) is 1.32. The molecule has 3 nitrogen and oxygen atoms in total. The first-order valence-corrected chi connectivity index (χ1v) is 8.67. The monoisotopic (exact) mass is 309 g/mol. The molecule has 0 spiro atoms. The zero-order valence-electron chi connectivity index (χ0n) is 13.6. The number of para-hydroxylation sites is 1. The highest BCUT2D eigenvalue weighted by Crippen LogP contribution is 2.43. The Morgan fingerprint density at radius 3 is 3.00 bits per heavy atom. The summed E-state index contributed by atoms with van der Waals surface area (Å²) in [7, 11) is 0. The maximum atomic E-state index is 9.97. The molecule has 0 amide bonds. The van der Waals surface area contributed by atoms with E-state index < -0.39 is 0 Å².